The number of nitrogens with one attached hydrogen (secondary N) is 1. The Morgan fingerprint density at radius 2 is 2.40 bits per heavy atom. The third kappa shape index (κ3) is 2.33. The molecule has 1 aliphatic carbocycles. The number of nitrogens with zero attached hydrogens (tertiary/aromatic N) is 1. The fraction of sp³-hybridized carbons (Fsp3) is 0.455. The van der Waals surface area contributed by atoms with Crippen LogP contribution in [0.1, 0.15) is 31.0 Å². The van der Waals surface area contributed by atoms with Crippen molar-refractivity contribution in [2.24, 2.45) is 5.73 Å². The zero-order chi connectivity index (χ0) is 10.9. The molecule has 3 N–H and O–H groups in total. The lowest BCUT2D eigenvalue weighted by Crippen LogP contribution is -2.22. The SMILES string of the molecule is CC(=O)NCc1ccnc(C2(N)CC2)c1. The van der Waals surface area contributed by atoms with Crippen molar-refractivity contribution in [3.8, 4) is 0 Å². The summed E-state index contributed by atoms with van der Waals surface area (Å²) < 4.78 is 0. The summed E-state index contributed by atoms with van der Waals surface area (Å²) in [4.78, 5) is 15.0. The van der Waals surface area contributed by atoms with Gasteiger partial charge >= 0.3 is 0 Å². The van der Waals surface area contributed by atoms with Crippen molar-refractivity contribution in [3.05, 3.63) is 29.6 Å². The maximum atomic E-state index is 10.8. The Balaban J connectivity index is 2.09. The third-order valence-corrected chi connectivity index (χ3v) is 2.66. The molecule has 1 aliphatic rings. The van der Waals surface area contributed by atoms with Gasteiger partial charge in [-0.1, -0.05) is 0 Å². The van der Waals surface area contributed by atoms with Gasteiger partial charge < -0.3 is 11.1 Å². The second-order valence-electron chi connectivity index (χ2n) is 4.12. The van der Waals surface area contributed by atoms with Gasteiger partial charge in [0.05, 0.1) is 11.2 Å². The number of hydrogen-bond acceptors (Lipinski definition) is 3. The highest BCUT2D eigenvalue weighted by molar-refractivity contribution is 5.72. The first-order valence-corrected chi connectivity index (χ1v) is 5.09. The summed E-state index contributed by atoms with van der Waals surface area (Å²) in [6.07, 6.45) is 3.76. The van der Waals surface area contributed by atoms with E-state index in [0.29, 0.717) is 6.54 Å². The van der Waals surface area contributed by atoms with E-state index in [4.69, 9.17) is 5.73 Å². The summed E-state index contributed by atoms with van der Waals surface area (Å²) >= 11 is 0. The van der Waals surface area contributed by atoms with Gasteiger partial charge in [0.1, 0.15) is 0 Å². The lowest BCUT2D eigenvalue weighted by molar-refractivity contribution is -0.119. The summed E-state index contributed by atoms with van der Waals surface area (Å²) in [5.41, 5.74) is 7.82. The first-order chi connectivity index (χ1) is 7.10. The monoisotopic (exact) mass is 205 g/mol. The Labute approximate surface area is 88.9 Å². The van der Waals surface area contributed by atoms with Crippen molar-refractivity contribution < 1.29 is 4.79 Å². The highest BCUT2D eigenvalue weighted by Crippen LogP contribution is 2.41. The van der Waals surface area contributed by atoms with E-state index in [1.165, 1.54) is 6.92 Å². The van der Waals surface area contributed by atoms with Crippen LogP contribution < -0.4 is 11.1 Å². The zero-order valence-electron chi connectivity index (χ0n) is 8.79. The Morgan fingerprint density at radius 1 is 1.67 bits per heavy atom. The van der Waals surface area contributed by atoms with Crippen LogP contribution in [0.4, 0.5) is 0 Å². The molecule has 0 atom stereocenters. The molecule has 80 valence electrons. The Hall–Kier alpha value is -1.42. The molecule has 4 nitrogen and oxygen atoms in total. The molecule has 0 radical (unpaired) electrons. The number of rotatable bonds is 3. The predicted molar refractivity (Wildman–Crippen MR) is 56.9 cm³/mol. The molecule has 1 heterocycles. The van der Waals surface area contributed by atoms with Crippen LogP contribution in [0.5, 0.6) is 0 Å². The zero-order valence-corrected chi connectivity index (χ0v) is 8.79. The fourth-order valence-electron chi connectivity index (χ4n) is 1.47. The number of hydrogen-bond donors (Lipinski definition) is 2. The van der Waals surface area contributed by atoms with Crippen LogP contribution in [0.15, 0.2) is 18.3 Å². The van der Waals surface area contributed by atoms with E-state index in [1.807, 2.05) is 12.1 Å². The third-order valence-electron chi connectivity index (χ3n) is 2.66. The van der Waals surface area contributed by atoms with Gasteiger partial charge in [-0.05, 0) is 30.5 Å². The topological polar surface area (TPSA) is 68.0 Å². The van der Waals surface area contributed by atoms with E-state index >= 15 is 0 Å². The number of carbonyl (C=O) groups excluding carboxylic acids is 1. The quantitative estimate of drug-likeness (QED) is 0.762. The second-order valence-corrected chi connectivity index (χ2v) is 4.12. The summed E-state index contributed by atoms with van der Waals surface area (Å²) in [6.45, 7) is 2.05. The molecule has 4 heteroatoms. The van der Waals surface area contributed by atoms with Crippen LogP contribution in [-0.2, 0) is 16.9 Å². The molecule has 1 amide bonds. The number of nitrogens with two attached hydrogens (primary N) is 1. The molecule has 1 aromatic heterocycles. The molecule has 0 bridgehead atoms. The first kappa shape index (κ1) is 10.1. The lowest BCUT2D eigenvalue weighted by atomic mass is 10.1. The van der Waals surface area contributed by atoms with Crippen molar-refractivity contribution in [1.82, 2.24) is 10.3 Å². The highest BCUT2D eigenvalue weighted by Gasteiger charge is 2.41. The van der Waals surface area contributed by atoms with Crippen LogP contribution in [0.3, 0.4) is 0 Å². The molecular weight excluding hydrogens is 190 g/mol. The van der Waals surface area contributed by atoms with Gasteiger partial charge in [-0.25, -0.2) is 0 Å². The number of carbonyl (C=O) groups is 1. The predicted octanol–water partition coefficient (Wildman–Crippen LogP) is 0.665. The van der Waals surface area contributed by atoms with Crippen molar-refractivity contribution >= 4 is 5.91 Å². The number of aromatic nitrogens is 1. The molecule has 0 saturated heterocycles. The summed E-state index contributed by atoms with van der Waals surface area (Å²) in [5, 5.41) is 2.75. The lowest BCUT2D eigenvalue weighted by Gasteiger charge is -2.09. The average Bonchev–Trinajstić information content (AvgIpc) is 2.95. The minimum Gasteiger partial charge on any atom is -0.352 e. The molecule has 1 aromatic rings. The van der Waals surface area contributed by atoms with Crippen molar-refractivity contribution in [1.29, 1.82) is 0 Å². The summed E-state index contributed by atoms with van der Waals surface area (Å²) in [7, 11) is 0. The van der Waals surface area contributed by atoms with Crippen LogP contribution in [0.2, 0.25) is 0 Å². The smallest absolute Gasteiger partial charge is 0.217 e. The first-order valence-electron chi connectivity index (χ1n) is 5.09. The second kappa shape index (κ2) is 3.62. The standard InChI is InChI=1S/C11H15N3O/c1-8(15)14-7-9-2-5-13-10(6-9)11(12)3-4-11/h2,5-6H,3-4,7,12H2,1H3,(H,14,15). The number of amides is 1. The van der Waals surface area contributed by atoms with Crippen molar-refractivity contribution in [3.63, 3.8) is 0 Å². The molecule has 0 spiro atoms. The maximum absolute atomic E-state index is 10.8. The molecule has 2 rings (SSSR count). The van der Waals surface area contributed by atoms with E-state index in [0.717, 1.165) is 24.1 Å². The van der Waals surface area contributed by atoms with Gasteiger partial charge in [-0.2, -0.15) is 0 Å². The van der Waals surface area contributed by atoms with Gasteiger partial charge in [-0.15, -0.1) is 0 Å². The van der Waals surface area contributed by atoms with Crippen molar-refractivity contribution in [2.45, 2.75) is 31.8 Å². The van der Waals surface area contributed by atoms with Gasteiger partial charge in [0.2, 0.25) is 5.91 Å². The van der Waals surface area contributed by atoms with Crippen LogP contribution >= 0.6 is 0 Å². The van der Waals surface area contributed by atoms with Crippen LogP contribution in [0.25, 0.3) is 0 Å². The minimum absolute atomic E-state index is 0.0257. The van der Waals surface area contributed by atoms with E-state index in [9.17, 15) is 4.79 Å². The molecule has 0 unspecified atom stereocenters. The number of pyridine rings is 1. The van der Waals surface area contributed by atoms with Crippen LogP contribution in [0, 0.1) is 0 Å². The van der Waals surface area contributed by atoms with Gasteiger partial charge in [0.25, 0.3) is 0 Å². The average molecular weight is 205 g/mol. The highest BCUT2D eigenvalue weighted by atomic mass is 16.1. The van der Waals surface area contributed by atoms with E-state index in [1.54, 1.807) is 6.20 Å². The van der Waals surface area contributed by atoms with E-state index < -0.39 is 0 Å². The molecule has 15 heavy (non-hydrogen) atoms. The molecule has 1 saturated carbocycles. The molecular formula is C11H15N3O. The Kier molecular flexibility index (Phi) is 2.44. The van der Waals surface area contributed by atoms with E-state index in [-0.39, 0.29) is 11.4 Å². The molecule has 0 aliphatic heterocycles. The Morgan fingerprint density at radius 3 is 3.00 bits per heavy atom. The molecule has 0 aromatic carbocycles. The minimum atomic E-state index is -0.202. The maximum Gasteiger partial charge on any atom is 0.217 e. The summed E-state index contributed by atoms with van der Waals surface area (Å²) in [5.74, 6) is -0.0257. The van der Waals surface area contributed by atoms with Crippen LogP contribution in [-0.4, -0.2) is 10.9 Å². The van der Waals surface area contributed by atoms with Crippen molar-refractivity contribution in [2.75, 3.05) is 0 Å². The van der Waals surface area contributed by atoms with E-state index in [2.05, 4.69) is 10.3 Å². The largest absolute Gasteiger partial charge is 0.352 e. The van der Waals surface area contributed by atoms with Gasteiger partial charge in [0.15, 0.2) is 0 Å². The fourth-order valence-corrected chi connectivity index (χ4v) is 1.47. The normalized spacial score (nSPS) is 17.2. The molecule has 1 fully saturated rings. The van der Waals surface area contributed by atoms with Gasteiger partial charge in [-0.3, -0.25) is 9.78 Å². The van der Waals surface area contributed by atoms with Gasteiger partial charge in [0, 0.05) is 19.7 Å². The summed E-state index contributed by atoms with van der Waals surface area (Å²) in [6, 6.07) is 3.87. The Bertz CT molecular complexity index is 385.